The molecule has 0 fully saturated rings. The number of phosphoric ester groups is 1. The van der Waals surface area contributed by atoms with E-state index in [-0.39, 0.29) is 12.5 Å². The van der Waals surface area contributed by atoms with Gasteiger partial charge in [0.25, 0.3) is 7.82 Å². The van der Waals surface area contributed by atoms with Crippen molar-refractivity contribution in [2.24, 2.45) is 0 Å². The van der Waals surface area contributed by atoms with Crippen molar-refractivity contribution in [3.8, 4) is 0 Å². The van der Waals surface area contributed by atoms with Gasteiger partial charge in [0, 0.05) is 6.42 Å². The summed E-state index contributed by atoms with van der Waals surface area (Å²) in [7, 11) is 1.22. The maximum absolute atomic E-state index is 12.7. The minimum atomic E-state index is -4.59. The number of likely N-dealkylation sites (N-methyl/N-ethyl adjacent to an activating group) is 1. The third-order valence-electron chi connectivity index (χ3n) is 7.24. The Morgan fingerprint density at radius 2 is 1.24 bits per heavy atom. The van der Waals surface area contributed by atoms with Crippen LogP contribution in [-0.2, 0) is 18.4 Å². The Bertz CT molecular complexity index is 881. The topological polar surface area (TPSA) is 108 Å². The van der Waals surface area contributed by atoms with Crippen molar-refractivity contribution < 1.29 is 32.9 Å². The molecule has 8 nitrogen and oxygen atoms in total. The van der Waals surface area contributed by atoms with Gasteiger partial charge in [0.2, 0.25) is 5.91 Å². The largest absolute Gasteiger partial charge is 0.756 e. The summed E-state index contributed by atoms with van der Waals surface area (Å²) in [6.07, 6.45) is 33.0. The van der Waals surface area contributed by atoms with E-state index in [2.05, 4.69) is 55.6 Å². The molecular weight excluding hydrogens is 587 g/mol. The molecule has 0 bridgehead atoms. The van der Waals surface area contributed by atoms with Crippen molar-refractivity contribution in [3.05, 3.63) is 48.6 Å². The molecule has 0 radical (unpaired) electrons. The minimum absolute atomic E-state index is 0.0123. The van der Waals surface area contributed by atoms with Gasteiger partial charge >= 0.3 is 0 Å². The monoisotopic (exact) mass is 654 g/mol. The summed E-state index contributed by atoms with van der Waals surface area (Å²) >= 11 is 0. The van der Waals surface area contributed by atoms with E-state index in [1.54, 1.807) is 6.08 Å². The second kappa shape index (κ2) is 28.7. The molecule has 3 atom stereocenters. The lowest BCUT2D eigenvalue weighted by molar-refractivity contribution is -0.870. The summed E-state index contributed by atoms with van der Waals surface area (Å²) in [6, 6.07) is -0.910. The van der Waals surface area contributed by atoms with Crippen LogP contribution in [0.5, 0.6) is 0 Å². The van der Waals surface area contributed by atoms with Crippen molar-refractivity contribution >= 4 is 13.7 Å². The van der Waals surface area contributed by atoms with Gasteiger partial charge < -0.3 is 28.8 Å². The number of hydrogen-bond acceptors (Lipinski definition) is 6. The molecule has 0 saturated carbocycles. The first-order valence-corrected chi connectivity index (χ1v) is 19.0. The highest BCUT2D eigenvalue weighted by molar-refractivity contribution is 7.45. The minimum Gasteiger partial charge on any atom is -0.756 e. The van der Waals surface area contributed by atoms with E-state index < -0.39 is 26.6 Å². The van der Waals surface area contributed by atoms with Gasteiger partial charge in [-0.1, -0.05) is 107 Å². The zero-order valence-electron chi connectivity index (χ0n) is 29.3. The number of nitrogens with one attached hydrogen (secondary N) is 1. The lowest BCUT2D eigenvalue weighted by Crippen LogP contribution is -2.45. The molecule has 0 aliphatic heterocycles. The molecule has 0 heterocycles. The fraction of sp³-hybridized carbons (Fsp3) is 0.750. The van der Waals surface area contributed by atoms with Crippen LogP contribution in [0.1, 0.15) is 123 Å². The SMILES string of the molecule is CCCC/C=C\CCCCCCCC(=O)NC(COP(=O)([O-])OCC[N+](C)(C)C)C(O)/C=C/CC/C=C/CC/C=C/CCCC. The molecule has 0 aromatic rings. The van der Waals surface area contributed by atoms with Crippen molar-refractivity contribution in [1.29, 1.82) is 0 Å². The first-order chi connectivity index (χ1) is 21.5. The van der Waals surface area contributed by atoms with E-state index in [0.717, 1.165) is 77.0 Å². The van der Waals surface area contributed by atoms with Gasteiger partial charge in [-0.2, -0.15) is 0 Å². The van der Waals surface area contributed by atoms with Gasteiger partial charge in [-0.3, -0.25) is 9.36 Å². The van der Waals surface area contributed by atoms with Crippen LogP contribution in [-0.4, -0.2) is 68.5 Å². The molecule has 0 aromatic heterocycles. The Morgan fingerprint density at radius 1 is 0.756 bits per heavy atom. The second-order valence-electron chi connectivity index (χ2n) is 12.8. The number of quaternary nitrogens is 1. The molecule has 0 spiro atoms. The van der Waals surface area contributed by atoms with Gasteiger partial charge in [0.15, 0.2) is 0 Å². The number of unbranched alkanes of at least 4 members (excludes halogenated alkanes) is 11. The number of hydrogen-bond donors (Lipinski definition) is 2. The molecule has 3 unspecified atom stereocenters. The van der Waals surface area contributed by atoms with Gasteiger partial charge in [-0.05, 0) is 57.8 Å². The summed E-state index contributed by atoms with van der Waals surface area (Å²) in [5.41, 5.74) is 0. The summed E-state index contributed by atoms with van der Waals surface area (Å²) in [4.78, 5) is 25.0. The zero-order chi connectivity index (χ0) is 33.7. The third-order valence-corrected chi connectivity index (χ3v) is 8.20. The van der Waals surface area contributed by atoms with E-state index in [9.17, 15) is 19.4 Å². The number of rotatable bonds is 30. The lowest BCUT2D eigenvalue weighted by Gasteiger charge is -2.29. The van der Waals surface area contributed by atoms with E-state index in [4.69, 9.17) is 9.05 Å². The molecule has 0 aliphatic rings. The number of nitrogens with zero attached hydrogens (tertiary/aromatic N) is 1. The number of aliphatic hydroxyl groups is 1. The first-order valence-electron chi connectivity index (χ1n) is 17.5. The summed E-state index contributed by atoms with van der Waals surface area (Å²) < 4.78 is 23.0. The van der Waals surface area contributed by atoms with Crippen molar-refractivity contribution in [1.82, 2.24) is 5.32 Å². The van der Waals surface area contributed by atoms with Crippen LogP contribution in [0.15, 0.2) is 48.6 Å². The number of allylic oxidation sites excluding steroid dienone is 7. The number of amides is 1. The van der Waals surface area contributed by atoms with E-state index in [1.807, 2.05) is 27.2 Å². The van der Waals surface area contributed by atoms with Crippen LogP contribution >= 0.6 is 7.82 Å². The predicted octanol–water partition coefficient (Wildman–Crippen LogP) is 7.94. The van der Waals surface area contributed by atoms with Crippen LogP contribution in [0.4, 0.5) is 0 Å². The maximum atomic E-state index is 12.7. The van der Waals surface area contributed by atoms with E-state index in [0.29, 0.717) is 17.4 Å². The van der Waals surface area contributed by atoms with E-state index >= 15 is 0 Å². The normalized spacial score (nSPS) is 15.4. The van der Waals surface area contributed by atoms with Gasteiger partial charge in [0.1, 0.15) is 13.2 Å². The van der Waals surface area contributed by atoms with Crippen LogP contribution in [0.2, 0.25) is 0 Å². The molecule has 2 N–H and O–H groups in total. The fourth-order valence-electron chi connectivity index (χ4n) is 4.32. The Kier molecular flexibility index (Phi) is 27.7. The summed E-state index contributed by atoms with van der Waals surface area (Å²) in [6.45, 7) is 4.47. The molecule has 1 amide bonds. The van der Waals surface area contributed by atoms with E-state index in [1.165, 1.54) is 25.7 Å². The Balaban J connectivity index is 4.71. The van der Waals surface area contributed by atoms with Gasteiger partial charge in [-0.15, -0.1) is 0 Å². The Hall–Kier alpha value is -1.54. The van der Waals surface area contributed by atoms with Gasteiger partial charge in [-0.25, -0.2) is 0 Å². The van der Waals surface area contributed by atoms with Crippen LogP contribution in [0.25, 0.3) is 0 Å². The summed E-state index contributed by atoms with van der Waals surface area (Å²) in [5.74, 6) is -0.228. The van der Waals surface area contributed by atoms with Crippen molar-refractivity contribution in [3.63, 3.8) is 0 Å². The summed E-state index contributed by atoms with van der Waals surface area (Å²) in [5, 5.41) is 13.6. The Morgan fingerprint density at radius 3 is 1.80 bits per heavy atom. The molecule has 45 heavy (non-hydrogen) atoms. The van der Waals surface area contributed by atoms with Crippen molar-refractivity contribution in [2.45, 2.75) is 135 Å². The van der Waals surface area contributed by atoms with Crippen LogP contribution in [0, 0.1) is 0 Å². The highest BCUT2D eigenvalue weighted by atomic mass is 31.2. The van der Waals surface area contributed by atoms with Gasteiger partial charge in [0.05, 0.1) is 39.9 Å². The maximum Gasteiger partial charge on any atom is 0.268 e. The van der Waals surface area contributed by atoms with Crippen molar-refractivity contribution in [2.75, 3.05) is 40.9 Å². The highest BCUT2D eigenvalue weighted by Gasteiger charge is 2.23. The van der Waals surface area contributed by atoms with Crippen LogP contribution < -0.4 is 10.2 Å². The average Bonchev–Trinajstić information content (AvgIpc) is 2.97. The quantitative estimate of drug-likeness (QED) is 0.0353. The standard InChI is InChI=1S/C36H67N2O6P/c1-6-8-10-12-14-16-18-20-21-23-25-27-29-35(39)34(33-44-45(41,42)43-32-31-38(3,4)5)37-36(40)30-28-26-24-22-19-17-15-13-11-9-7-2/h12-15,20-21,27,29,34-35,39H,6-11,16-19,22-26,28,30-33H2,1-5H3,(H-,37,40,41,42)/b14-12+,15-13-,21-20+,29-27+. The third kappa shape index (κ3) is 30.9. The number of aliphatic hydroxyl groups excluding tert-OH is 1. The predicted molar refractivity (Wildman–Crippen MR) is 187 cm³/mol. The molecule has 0 rings (SSSR count). The average molecular weight is 655 g/mol. The second-order valence-corrected chi connectivity index (χ2v) is 14.3. The van der Waals surface area contributed by atoms with Crippen LogP contribution in [0.3, 0.4) is 0 Å². The molecule has 9 heteroatoms. The zero-order valence-corrected chi connectivity index (χ0v) is 30.2. The molecule has 0 saturated heterocycles. The molecular formula is C36H67N2O6P. The highest BCUT2D eigenvalue weighted by Crippen LogP contribution is 2.38. The fourth-order valence-corrected chi connectivity index (χ4v) is 5.05. The number of carbonyl (C=O) groups excluding carboxylic acids is 1. The molecule has 0 aromatic carbocycles. The molecule has 0 aliphatic carbocycles. The number of carbonyl (C=O) groups is 1. The first kappa shape index (κ1) is 43.5. The molecule has 262 valence electrons. The lowest BCUT2D eigenvalue weighted by atomic mass is 10.1. The Labute approximate surface area is 276 Å². The smallest absolute Gasteiger partial charge is 0.268 e. The number of phosphoric acid groups is 1.